The van der Waals surface area contributed by atoms with Crippen molar-refractivity contribution in [2.75, 3.05) is 172 Å². The molecule has 97 heavy (non-hydrogen) atoms. The smallest absolute Gasteiger partial charge is 0.251 e. The minimum absolute atomic E-state index is 0. The number of aliphatic hydroxyl groups excluding tert-OH is 4. The average molecular weight is 1460 g/mol. The van der Waals surface area contributed by atoms with Gasteiger partial charge < -0.3 is 88.2 Å². The number of rotatable bonds is 45. The second-order valence-electron chi connectivity index (χ2n) is 23.0. The highest BCUT2D eigenvalue weighted by Crippen LogP contribution is 2.41. The van der Waals surface area contributed by atoms with E-state index >= 15 is 0 Å². The van der Waals surface area contributed by atoms with Gasteiger partial charge >= 0.3 is 0 Å². The molecule has 0 bridgehead atoms. The Balaban J connectivity index is 0.0000133. The van der Waals surface area contributed by atoms with Crippen molar-refractivity contribution in [2.24, 2.45) is 0 Å². The first kappa shape index (κ1) is 79.2. The molecule has 8 rings (SSSR count). The van der Waals surface area contributed by atoms with Crippen LogP contribution in [0.15, 0.2) is 85.2 Å². The van der Waals surface area contributed by atoms with Crippen LogP contribution in [0.2, 0.25) is 20.1 Å². The van der Waals surface area contributed by atoms with Crippen LogP contribution < -0.4 is 10.6 Å². The van der Waals surface area contributed by atoms with Crippen LogP contribution >= 0.6 is 58.8 Å². The maximum absolute atomic E-state index is 12.4. The molecular weight excluding hydrogens is 1370 g/mol. The fourth-order valence-electron chi connectivity index (χ4n) is 10.8. The molecule has 2 amide bonds. The van der Waals surface area contributed by atoms with Gasteiger partial charge in [-0.25, -0.2) is 9.36 Å². The van der Waals surface area contributed by atoms with E-state index in [9.17, 15) is 30.0 Å². The van der Waals surface area contributed by atoms with Gasteiger partial charge in [0.05, 0.1) is 158 Å². The van der Waals surface area contributed by atoms with Crippen LogP contribution in [0.5, 0.6) is 0 Å². The molecule has 4 heterocycles. The molecule has 6 atom stereocenters. The van der Waals surface area contributed by atoms with Crippen molar-refractivity contribution in [3.05, 3.63) is 139 Å². The van der Waals surface area contributed by atoms with E-state index in [0.29, 0.717) is 126 Å². The lowest BCUT2D eigenvalue weighted by atomic mass is 9.84. The van der Waals surface area contributed by atoms with Crippen molar-refractivity contribution in [1.29, 1.82) is 0 Å². The summed E-state index contributed by atoms with van der Waals surface area (Å²) in [7, 11) is 4.18. The van der Waals surface area contributed by atoms with Crippen LogP contribution in [0.4, 0.5) is 0 Å². The second-order valence-corrected chi connectivity index (χ2v) is 24.7. The van der Waals surface area contributed by atoms with Gasteiger partial charge in [0, 0.05) is 82.3 Å². The first-order chi connectivity index (χ1) is 46.6. The Kier molecular flexibility index (Phi) is 35.0. The molecule has 26 nitrogen and oxygen atoms in total. The van der Waals surface area contributed by atoms with Crippen molar-refractivity contribution in [2.45, 2.75) is 62.4 Å². The number of aliphatic hydroxyl groups is 4. The summed E-state index contributed by atoms with van der Waals surface area (Å²) in [6.07, 6.45) is -4.83. The van der Waals surface area contributed by atoms with Crippen molar-refractivity contribution in [1.82, 2.24) is 50.4 Å². The number of ether oxygens (including phenoxy) is 10. The lowest BCUT2D eigenvalue weighted by Gasteiger charge is -2.33. The summed E-state index contributed by atoms with van der Waals surface area (Å²) in [6.45, 7) is 10.7. The SMILES string of the molecule is CN1Cc2c(Cl)cc(Cl)cc2[C@@H](c2cccc(-c3cn(CCOCCOCCOCCOCCOCCNC(=O)[C@H](O)[C@@H](O)[C@@H](O)[C@H](O)C(=O)NCCOCCOCCOCCOCCOCCn4cc(-c5cccc([C@@H]6CN(C)Cc7c(Cl)cc(Cl)cc76)c5)nn4)nn3)c2)C1.Cl. The highest BCUT2D eigenvalue weighted by Gasteiger charge is 2.37. The van der Waals surface area contributed by atoms with E-state index in [2.05, 4.69) is 79.4 Å². The Morgan fingerprint density at radius 2 is 0.794 bits per heavy atom. The van der Waals surface area contributed by atoms with Crippen LogP contribution in [0.3, 0.4) is 0 Å². The molecule has 0 aliphatic carbocycles. The van der Waals surface area contributed by atoms with Gasteiger partial charge in [0.1, 0.15) is 23.6 Å². The summed E-state index contributed by atoms with van der Waals surface area (Å²) in [4.78, 5) is 29.3. The predicted octanol–water partition coefficient (Wildman–Crippen LogP) is 4.94. The highest BCUT2D eigenvalue weighted by molar-refractivity contribution is 6.35. The molecule has 31 heteroatoms. The molecule has 0 unspecified atom stereocenters. The monoisotopic (exact) mass is 1450 g/mol. The summed E-state index contributed by atoms with van der Waals surface area (Å²) in [5, 5.41) is 65.9. The van der Waals surface area contributed by atoms with Crippen LogP contribution in [-0.2, 0) is 83.1 Å². The summed E-state index contributed by atoms with van der Waals surface area (Å²) < 4.78 is 59.1. The van der Waals surface area contributed by atoms with Crippen LogP contribution in [0, 0.1) is 0 Å². The van der Waals surface area contributed by atoms with E-state index in [1.54, 1.807) is 21.5 Å². The Labute approximate surface area is 591 Å². The molecule has 534 valence electrons. The van der Waals surface area contributed by atoms with E-state index < -0.39 is 36.2 Å². The standard InChI is InChI=1S/C66H88Cl4N10O16.ClH/c1-77-39-53(51-35-49(67)37-57(69)55(51)41-77)45-5-3-7-47(33-45)59-43-79(75-73-59)11-15-89-19-23-93-27-31-95-29-25-91-21-17-87-13-9-71-65(85)63(83)61(81)62(82)64(84)66(86)72-10-14-88-18-22-92-26-30-96-32-28-94-24-20-90-16-12-80-44-60(74-76-80)48-8-4-6-46(34-48)54-40-78(2)42-56-52(54)36-50(68)38-58(56)70;/h3-8,33-38,43-44,53-54,61-64,81-84H,9-32,39-42H2,1-2H3,(H,71,85)(H,72,86);1H/t53-,54+,61+,62-,63-,64+;. The van der Waals surface area contributed by atoms with E-state index in [-0.39, 0.29) is 77.0 Å². The number of likely N-dealkylation sites (N-methyl/N-ethyl adjacent to an activating group) is 2. The Bertz CT molecular complexity index is 3110. The van der Waals surface area contributed by atoms with Crippen LogP contribution in [0.1, 0.15) is 45.2 Å². The third-order valence-corrected chi connectivity index (χ3v) is 16.9. The first-order valence-corrected chi connectivity index (χ1v) is 33.5. The number of aromatic nitrogens is 6. The Morgan fingerprint density at radius 1 is 0.474 bits per heavy atom. The Hall–Kier alpha value is -5.09. The number of amides is 2. The number of halogens is 5. The Morgan fingerprint density at radius 3 is 1.13 bits per heavy atom. The molecule has 2 aliphatic heterocycles. The molecule has 6 N–H and O–H groups in total. The second kappa shape index (κ2) is 42.9. The molecule has 2 aliphatic rings. The topological polar surface area (TPSA) is 299 Å². The number of benzene rings is 4. The van der Waals surface area contributed by atoms with Crippen molar-refractivity contribution < 1.29 is 77.4 Å². The van der Waals surface area contributed by atoms with E-state index in [1.165, 1.54) is 0 Å². The molecule has 0 saturated carbocycles. The summed E-state index contributed by atoms with van der Waals surface area (Å²) in [6, 6.07) is 24.3. The molecular formula is C66H89Cl5N10O16. The molecule has 2 aromatic heterocycles. The van der Waals surface area contributed by atoms with Gasteiger partial charge in [-0.3, -0.25) is 9.59 Å². The summed E-state index contributed by atoms with van der Waals surface area (Å²) >= 11 is 26.0. The fraction of sp³-hybridized carbons (Fsp3) is 0.545. The molecule has 0 fully saturated rings. The van der Waals surface area contributed by atoms with Crippen molar-refractivity contribution in [3.63, 3.8) is 0 Å². The third kappa shape index (κ3) is 25.8. The summed E-state index contributed by atoms with van der Waals surface area (Å²) in [5.41, 5.74) is 10.3. The van der Waals surface area contributed by atoms with E-state index in [0.717, 1.165) is 82.1 Å². The van der Waals surface area contributed by atoms with E-state index in [1.807, 2.05) is 48.8 Å². The minimum atomic E-state index is -2.17. The minimum Gasteiger partial charge on any atom is -0.387 e. The van der Waals surface area contributed by atoms with Gasteiger partial charge in [-0.15, -0.1) is 22.6 Å². The maximum atomic E-state index is 12.4. The zero-order valence-corrected chi connectivity index (χ0v) is 58.4. The van der Waals surface area contributed by atoms with Crippen LogP contribution in [0.25, 0.3) is 22.5 Å². The van der Waals surface area contributed by atoms with Crippen molar-refractivity contribution >= 4 is 70.6 Å². The van der Waals surface area contributed by atoms with Gasteiger partial charge in [0.15, 0.2) is 12.2 Å². The van der Waals surface area contributed by atoms with Crippen molar-refractivity contribution in [3.8, 4) is 22.5 Å². The number of nitrogens with zero attached hydrogens (tertiary/aromatic N) is 8. The molecule has 6 aromatic rings. The lowest BCUT2D eigenvalue weighted by molar-refractivity contribution is -0.155. The number of carbonyl (C=O) groups excluding carboxylic acids is 2. The number of fused-ring (bicyclic) bond motifs is 2. The van der Waals surface area contributed by atoms with Gasteiger partial charge in [-0.05, 0) is 83.9 Å². The first-order valence-electron chi connectivity index (χ1n) is 32.0. The molecule has 0 saturated heterocycles. The highest BCUT2D eigenvalue weighted by atomic mass is 35.5. The van der Waals surface area contributed by atoms with Gasteiger partial charge in [0.2, 0.25) is 0 Å². The summed E-state index contributed by atoms with van der Waals surface area (Å²) in [5.74, 6) is -1.85. The number of hydrogen-bond acceptors (Lipinski definition) is 22. The normalized spacial score (nSPS) is 16.1. The largest absolute Gasteiger partial charge is 0.387 e. The van der Waals surface area contributed by atoms with E-state index in [4.69, 9.17) is 93.8 Å². The van der Waals surface area contributed by atoms with Gasteiger partial charge in [-0.1, -0.05) is 93.2 Å². The molecule has 4 aromatic carbocycles. The third-order valence-electron chi connectivity index (χ3n) is 15.8. The maximum Gasteiger partial charge on any atom is 0.251 e. The average Bonchev–Trinajstić information content (AvgIpc) is 1.31. The fourth-order valence-corrected chi connectivity index (χ4v) is 12.0. The van der Waals surface area contributed by atoms with Gasteiger partial charge in [-0.2, -0.15) is 0 Å². The van der Waals surface area contributed by atoms with Gasteiger partial charge in [0.25, 0.3) is 11.8 Å². The molecule has 0 spiro atoms. The zero-order valence-electron chi connectivity index (χ0n) is 54.5. The number of hydrogen-bond donors (Lipinski definition) is 6. The number of nitrogens with one attached hydrogen (secondary N) is 2. The quantitative estimate of drug-likeness (QED) is 0.0276. The van der Waals surface area contributed by atoms with Crippen LogP contribution in [-0.4, -0.2) is 269 Å². The molecule has 0 radical (unpaired) electrons. The lowest BCUT2D eigenvalue weighted by Crippen LogP contribution is -2.54. The number of carbonyl (C=O) groups is 2. The zero-order chi connectivity index (χ0) is 68.0. The predicted molar refractivity (Wildman–Crippen MR) is 366 cm³/mol.